The average Bonchev–Trinajstić information content (AvgIpc) is 2.30. The predicted octanol–water partition coefficient (Wildman–Crippen LogP) is 2.63. The standard InChI is InChI=1S/C12H21BrN4O/c1-4-6-12(3,18)8-16-10-9(13)7-15-11(17-10)14-5-2/h7,18H,4-6,8H2,1-3H3,(H2,14,15,16,17). The van der Waals surface area contributed by atoms with Crippen molar-refractivity contribution in [2.75, 3.05) is 23.7 Å². The SMILES string of the molecule is CCCC(C)(O)CNc1nc(NCC)ncc1Br. The monoisotopic (exact) mass is 316 g/mol. The fourth-order valence-electron chi connectivity index (χ4n) is 1.64. The van der Waals surface area contributed by atoms with E-state index in [2.05, 4.69) is 43.5 Å². The first-order chi connectivity index (χ1) is 8.48. The molecule has 0 aromatic carbocycles. The molecule has 18 heavy (non-hydrogen) atoms. The fraction of sp³-hybridized carbons (Fsp3) is 0.667. The van der Waals surface area contributed by atoms with Crippen molar-refractivity contribution in [3.8, 4) is 0 Å². The molecule has 3 N–H and O–H groups in total. The molecule has 0 aliphatic rings. The van der Waals surface area contributed by atoms with Gasteiger partial charge < -0.3 is 15.7 Å². The van der Waals surface area contributed by atoms with Crippen LogP contribution in [0.4, 0.5) is 11.8 Å². The van der Waals surface area contributed by atoms with E-state index in [-0.39, 0.29) is 0 Å². The Labute approximate surface area is 117 Å². The lowest BCUT2D eigenvalue weighted by Gasteiger charge is -2.23. The van der Waals surface area contributed by atoms with Gasteiger partial charge in [0.25, 0.3) is 0 Å². The Morgan fingerprint density at radius 1 is 1.39 bits per heavy atom. The second-order valence-corrected chi connectivity index (χ2v) is 5.38. The van der Waals surface area contributed by atoms with Crippen LogP contribution in [-0.4, -0.2) is 33.8 Å². The summed E-state index contributed by atoms with van der Waals surface area (Å²) < 4.78 is 0.788. The third-order valence-corrected chi connectivity index (χ3v) is 3.08. The summed E-state index contributed by atoms with van der Waals surface area (Å²) in [4.78, 5) is 8.47. The third kappa shape index (κ3) is 4.78. The van der Waals surface area contributed by atoms with Crippen LogP contribution in [0.25, 0.3) is 0 Å². The Morgan fingerprint density at radius 3 is 2.72 bits per heavy atom. The number of nitrogens with one attached hydrogen (secondary N) is 2. The van der Waals surface area contributed by atoms with Crippen LogP contribution in [0.5, 0.6) is 0 Å². The number of hydrogen-bond acceptors (Lipinski definition) is 5. The van der Waals surface area contributed by atoms with Gasteiger partial charge in [-0.2, -0.15) is 4.98 Å². The molecule has 0 fully saturated rings. The van der Waals surface area contributed by atoms with Crippen LogP contribution in [0.15, 0.2) is 10.7 Å². The van der Waals surface area contributed by atoms with Gasteiger partial charge in [0.2, 0.25) is 5.95 Å². The maximum atomic E-state index is 10.1. The second kappa shape index (κ2) is 6.89. The average molecular weight is 317 g/mol. The molecule has 0 aliphatic carbocycles. The number of rotatable bonds is 7. The number of anilines is 2. The minimum atomic E-state index is -0.725. The van der Waals surface area contributed by atoms with Crippen molar-refractivity contribution < 1.29 is 5.11 Å². The number of aliphatic hydroxyl groups is 1. The Balaban J connectivity index is 2.68. The van der Waals surface area contributed by atoms with Gasteiger partial charge in [0, 0.05) is 19.3 Å². The molecule has 0 amide bonds. The zero-order valence-electron chi connectivity index (χ0n) is 11.1. The van der Waals surface area contributed by atoms with Crippen LogP contribution in [0, 0.1) is 0 Å². The summed E-state index contributed by atoms with van der Waals surface area (Å²) in [6.07, 6.45) is 3.40. The number of hydrogen-bond donors (Lipinski definition) is 3. The van der Waals surface area contributed by atoms with Gasteiger partial charge in [-0.3, -0.25) is 0 Å². The van der Waals surface area contributed by atoms with Crippen molar-refractivity contribution >= 4 is 27.7 Å². The highest BCUT2D eigenvalue weighted by molar-refractivity contribution is 9.10. The molecular formula is C12H21BrN4O. The summed E-state index contributed by atoms with van der Waals surface area (Å²) in [5.41, 5.74) is -0.725. The van der Waals surface area contributed by atoms with E-state index in [9.17, 15) is 5.11 Å². The molecule has 0 aliphatic heterocycles. The van der Waals surface area contributed by atoms with Crippen molar-refractivity contribution in [1.82, 2.24) is 9.97 Å². The molecule has 1 unspecified atom stereocenters. The molecule has 102 valence electrons. The zero-order valence-corrected chi connectivity index (χ0v) is 12.7. The van der Waals surface area contributed by atoms with E-state index in [0.29, 0.717) is 18.3 Å². The van der Waals surface area contributed by atoms with E-state index in [0.717, 1.165) is 23.9 Å². The summed E-state index contributed by atoms with van der Waals surface area (Å²) in [6.45, 7) is 7.10. The molecule has 0 saturated carbocycles. The van der Waals surface area contributed by atoms with Crippen LogP contribution in [0.3, 0.4) is 0 Å². The van der Waals surface area contributed by atoms with Crippen molar-refractivity contribution in [2.45, 2.75) is 39.2 Å². The molecular weight excluding hydrogens is 296 g/mol. The Morgan fingerprint density at radius 2 is 2.11 bits per heavy atom. The van der Waals surface area contributed by atoms with E-state index in [1.807, 2.05) is 13.8 Å². The lowest BCUT2D eigenvalue weighted by molar-refractivity contribution is 0.0636. The third-order valence-electron chi connectivity index (χ3n) is 2.50. The maximum absolute atomic E-state index is 10.1. The lowest BCUT2D eigenvalue weighted by Crippen LogP contribution is -2.33. The van der Waals surface area contributed by atoms with Crippen molar-refractivity contribution in [3.63, 3.8) is 0 Å². The first-order valence-corrected chi connectivity index (χ1v) is 7.00. The van der Waals surface area contributed by atoms with Gasteiger partial charge in [-0.05, 0) is 36.2 Å². The Hall–Kier alpha value is -0.880. The largest absolute Gasteiger partial charge is 0.388 e. The molecule has 6 heteroatoms. The van der Waals surface area contributed by atoms with Gasteiger partial charge in [-0.1, -0.05) is 13.3 Å². The molecule has 5 nitrogen and oxygen atoms in total. The van der Waals surface area contributed by atoms with Crippen molar-refractivity contribution in [1.29, 1.82) is 0 Å². The molecule has 1 rings (SSSR count). The highest BCUT2D eigenvalue weighted by Crippen LogP contribution is 2.21. The second-order valence-electron chi connectivity index (χ2n) is 4.52. The van der Waals surface area contributed by atoms with Crippen LogP contribution in [-0.2, 0) is 0 Å². The van der Waals surface area contributed by atoms with Gasteiger partial charge in [-0.15, -0.1) is 0 Å². The molecule has 1 aromatic heterocycles. The maximum Gasteiger partial charge on any atom is 0.224 e. The van der Waals surface area contributed by atoms with E-state index in [1.54, 1.807) is 6.20 Å². The van der Waals surface area contributed by atoms with Gasteiger partial charge in [0.1, 0.15) is 5.82 Å². The highest BCUT2D eigenvalue weighted by Gasteiger charge is 2.19. The summed E-state index contributed by atoms with van der Waals surface area (Å²) in [7, 11) is 0. The van der Waals surface area contributed by atoms with Gasteiger partial charge in [-0.25, -0.2) is 4.98 Å². The quantitative estimate of drug-likeness (QED) is 0.721. The number of aromatic nitrogens is 2. The zero-order chi connectivity index (χ0) is 13.6. The Bertz CT molecular complexity index is 384. The minimum absolute atomic E-state index is 0.460. The Kier molecular flexibility index (Phi) is 5.81. The first-order valence-electron chi connectivity index (χ1n) is 6.21. The van der Waals surface area contributed by atoms with E-state index >= 15 is 0 Å². The lowest BCUT2D eigenvalue weighted by atomic mass is 10.0. The number of nitrogens with zero attached hydrogens (tertiary/aromatic N) is 2. The summed E-state index contributed by atoms with van der Waals surface area (Å²) in [5.74, 6) is 1.27. The smallest absolute Gasteiger partial charge is 0.224 e. The predicted molar refractivity (Wildman–Crippen MR) is 77.9 cm³/mol. The number of halogens is 1. The van der Waals surface area contributed by atoms with Gasteiger partial charge in [0.15, 0.2) is 0 Å². The fourth-order valence-corrected chi connectivity index (χ4v) is 1.97. The van der Waals surface area contributed by atoms with Crippen molar-refractivity contribution in [2.24, 2.45) is 0 Å². The highest BCUT2D eigenvalue weighted by atomic mass is 79.9. The molecule has 0 saturated heterocycles. The summed E-state index contributed by atoms with van der Waals surface area (Å²) in [6, 6.07) is 0. The molecule has 0 spiro atoms. The van der Waals surface area contributed by atoms with Crippen LogP contribution in [0.2, 0.25) is 0 Å². The van der Waals surface area contributed by atoms with Crippen LogP contribution >= 0.6 is 15.9 Å². The van der Waals surface area contributed by atoms with Gasteiger partial charge in [0.05, 0.1) is 10.1 Å². The van der Waals surface area contributed by atoms with Gasteiger partial charge >= 0.3 is 0 Å². The molecule has 1 atom stereocenters. The van der Waals surface area contributed by atoms with Crippen molar-refractivity contribution in [3.05, 3.63) is 10.7 Å². The summed E-state index contributed by atoms with van der Waals surface area (Å²) in [5, 5.41) is 16.3. The van der Waals surface area contributed by atoms with E-state index in [1.165, 1.54) is 0 Å². The normalized spacial score (nSPS) is 14.1. The first kappa shape index (κ1) is 15.2. The minimum Gasteiger partial charge on any atom is -0.388 e. The summed E-state index contributed by atoms with van der Waals surface area (Å²) >= 11 is 3.39. The molecule has 0 bridgehead atoms. The van der Waals surface area contributed by atoms with E-state index in [4.69, 9.17) is 0 Å². The van der Waals surface area contributed by atoms with Crippen LogP contribution < -0.4 is 10.6 Å². The molecule has 1 heterocycles. The molecule has 1 aromatic rings. The molecule has 0 radical (unpaired) electrons. The topological polar surface area (TPSA) is 70.1 Å². The van der Waals surface area contributed by atoms with Crippen LogP contribution in [0.1, 0.15) is 33.6 Å². The van der Waals surface area contributed by atoms with E-state index < -0.39 is 5.60 Å².